The second-order valence-corrected chi connectivity index (χ2v) is 5.90. The Bertz CT molecular complexity index is 607. The lowest BCUT2D eigenvalue weighted by molar-refractivity contribution is 0.0690. The van der Waals surface area contributed by atoms with Crippen molar-refractivity contribution in [3.8, 4) is 0 Å². The second kappa shape index (κ2) is 6.36. The molecule has 0 unspecified atom stereocenters. The van der Waals surface area contributed by atoms with E-state index < -0.39 is 5.97 Å². The standard InChI is InChI=1S/C12H8BrClN2O2S/c13-7-1-3-8(4-2-7)19-6-10-15-5-9(14)11(16-10)12(17)18/h1-5H,6H2,(H,17,18). The van der Waals surface area contributed by atoms with Gasteiger partial charge in [0.05, 0.1) is 17.0 Å². The van der Waals surface area contributed by atoms with Crippen molar-refractivity contribution in [2.75, 3.05) is 0 Å². The Morgan fingerprint density at radius 1 is 1.37 bits per heavy atom. The van der Waals surface area contributed by atoms with E-state index in [2.05, 4.69) is 25.9 Å². The molecule has 0 saturated carbocycles. The highest BCUT2D eigenvalue weighted by Crippen LogP contribution is 2.24. The minimum atomic E-state index is -1.15. The van der Waals surface area contributed by atoms with Crippen LogP contribution >= 0.6 is 39.3 Å². The van der Waals surface area contributed by atoms with Gasteiger partial charge in [0.2, 0.25) is 0 Å². The van der Waals surface area contributed by atoms with Crippen LogP contribution in [-0.4, -0.2) is 21.0 Å². The first-order valence-electron chi connectivity index (χ1n) is 5.19. The predicted octanol–water partition coefficient (Wildman–Crippen LogP) is 3.88. The van der Waals surface area contributed by atoms with E-state index in [0.29, 0.717) is 11.6 Å². The van der Waals surface area contributed by atoms with Gasteiger partial charge in [-0.2, -0.15) is 0 Å². The van der Waals surface area contributed by atoms with Crippen LogP contribution in [0.1, 0.15) is 16.3 Å². The molecular formula is C12H8BrClN2O2S. The van der Waals surface area contributed by atoms with Crippen molar-refractivity contribution >= 4 is 45.3 Å². The minimum Gasteiger partial charge on any atom is -0.476 e. The smallest absolute Gasteiger partial charge is 0.356 e. The number of aromatic nitrogens is 2. The SMILES string of the molecule is O=C(O)c1nc(CSc2ccc(Br)cc2)ncc1Cl. The maximum absolute atomic E-state index is 10.9. The van der Waals surface area contributed by atoms with Crippen molar-refractivity contribution < 1.29 is 9.90 Å². The van der Waals surface area contributed by atoms with Gasteiger partial charge in [-0.1, -0.05) is 27.5 Å². The van der Waals surface area contributed by atoms with E-state index in [1.165, 1.54) is 18.0 Å². The third-order valence-electron chi connectivity index (χ3n) is 2.18. The maximum atomic E-state index is 10.9. The summed E-state index contributed by atoms with van der Waals surface area (Å²) < 4.78 is 1.01. The summed E-state index contributed by atoms with van der Waals surface area (Å²) in [6.45, 7) is 0. The molecule has 2 aromatic rings. The highest BCUT2D eigenvalue weighted by Gasteiger charge is 2.12. The molecule has 0 fully saturated rings. The average Bonchev–Trinajstić information content (AvgIpc) is 2.39. The molecule has 19 heavy (non-hydrogen) atoms. The zero-order valence-electron chi connectivity index (χ0n) is 9.51. The lowest BCUT2D eigenvalue weighted by atomic mass is 10.4. The molecule has 1 heterocycles. The van der Waals surface area contributed by atoms with Gasteiger partial charge in [0.1, 0.15) is 5.82 Å². The van der Waals surface area contributed by atoms with E-state index in [-0.39, 0.29) is 10.7 Å². The molecule has 0 radical (unpaired) electrons. The van der Waals surface area contributed by atoms with E-state index in [1.807, 2.05) is 24.3 Å². The Morgan fingerprint density at radius 3 is 2.68 bits per heavy atom. The molecule has 0 aliphatic carbocycles. The number of aromatic carboxylic acids is 1. The van der Waals surface area contributed by atoms with Gasteiger partial charge in [-0.05, 0) is 24.3 Å². The summed E-state index contributed by atoms with van der Waals surface area (Å²) >= 11 is 10.6. The molecule has 1 N–H and O–H groups in total. The van der Waals surface area contributed by atoms with Gasteiger partial charge in [-0.25, -0.2) is 14.8 Å². The van der Waals surface area contributed by atoms with Crippen molar-refractivity contribution in [3.63, 3.8) is 0 Å². The number of hydrogen-bond acceptors (Lipinski definition) is 4. The summed E-state index contributed by atoms with van der Waals surface area (Å²) in [4.78, 5) is 19.9. The van der Waals surface area contributed by atoms with E-state index in [0.717, 1.165) is 9.37 Å². The maximum Gasteiger partial charge on any atom is 0.356 e. The molecule has 98 valence electrons. The van der Waals surface area contributed by atoms with Crippen molar-refractivity contribution in [2.24, 2.45) is 0 Å². The van der Waals surface area contributed by atoms with Crippen LogP contribution in [0, 0.1) is 0 Å². The van der Waals surface area contributed by atoms with Gasteiger partial charge in [-0.15, -0.1) is 11.8 Å². The van der Waals surface area contributed by atoms with Crippen LogP contribution in [0.15, 0.2) is 39.8 Å². The van der Waals surface area contributed by atoms with Gasteiger partial charge in [0.15, 0.2) is 5.69 Å². The number of halogens is 2. The lowest BCUT2D eigenvalue weighted by Crippen LogP contribution is -2.05. The predicted molar refractivity (Wildman–Crippen MR) is 77.7 cm³/mol. The Labute approximate surface area is 127 Å². The van der Waals surface area contributed by atoms with Crippen molar-refractivity contribution in [1.29, 1.82) is 0 Å². The molecule has 0 aliphatic heterocycles. The molecule has 7 heteroatoms. The quantitative estimate of drug-likeness (QED) is 0.839. The first-order valence-corrected chi connectivity index (χ1v) is 7.35. The fourth-order valence-corrected chi connectivity index (χ4v) is 2.50. The fraction of sp³-hybridized carbons (Fsp3) is 0.0833. The van der Waals surface area contributed by atoms with Crippen LogP contribution in [0.25, 0.3) is 0 Å². The number of benzene rings is 1. The van der Waals surface area contributed by atoms with Crippen LogP contribution in [0.2, 0.25) is 5.02 Å². The van der Waals surface area contributed by atoms with E-state index in [9.17, 15) is 4.79 Å². The fourth-order valence-electron chi connectivity index (χ4n) is 1.30. The highest BCUT2D eigenvalue weighted by molar-refractivity contribution is 9.10. The number of carboxylic acids is 1. The van der Waals surface area contributed by atoms with Gasteiger partial charge < -0.3 is 5.11 Å². The molecule has 2 rings (SSSR count). The largest absolute Gasteiger partial charge is 0.476 e. The zero-order chi connectivity index (χ0) is 13.8. The number of hydrogen-bond donors (Lipinski definition) is 1. The number of thioether (sulfide) groups is 1. The van der Waals surface area contributed by atoms with Crippen molar-refractivity contribution in [2.45, 2.75) is 10.6 Å². The first kappa shape index (κ1) is 14.3. The summed E-state index contributed by atoms with van der Waals surface area (Å²) in [7, 11) is 0. The topological polar surface area (TPSA) is 63.1 Å². The van der Waals surface area contributed by atoms with Crippen molar-refractivity contribution in [1.82, 2.24) is 9.97 Å². The number of nitrogens with zero attached hydrogens (tertiary/aromatic N) is 2. The minimum absolute atomic E-state index is 0.0462. The number of carboxylic acid groups (broad SMARTS) is 1. The Kier molecular flexibility index (Phi) is 4.79. The summed E-state index contributed by atoms with van der Waals surface area (Å²) in [6, 6.07) is 7.80. The van der Waals surface area contributed by atoms with Gasteiger partial charge in [-0.3, -0.25) is 0 Å². The van der Waals surface area contributed by atoms with Crippen LogP contribution in [0.4, 0.5) is 0 Å². The second-order valence-electron chi connectivity index (χ2n) is 3.53. The molecule has 0 bridgehead atoms. The molecule has 0 amide bonds. The number of carbonyl (C=O) groups is 1. The molecule has 0 spiro atoms. The Morgan fingerprint density at radius 2 is 2.05 bits per heavy atom. The third kappa shape index (κ3) is 3.92. The van der Waals surface area contributed by atoms with Crippen LogP contribution in [-0.2, 0) is 5.75 Å². The number of rotatable bonds is 4. The van der Waals surface area contributed by atoms with Crippen LogP contribution in [0.5, 0.6) is 0 Å². The molecular weight excluding hydrogens is 352 g/mol. The van der Waals surface area contributed by atoms with Gasteiger partial charge in [0, 0.05) is 9.37 Å². The lowest BCUT2D eigenvalue weighted by Gasteiger charge is -2.03. The summed E-state index contributed by atoms with van der Waals surface area (Å²) in [5.41, 5.74) is -0.164. The summed E-state index contributed by atoms with van der Waals surface area (Å²) in [5, 5.41) is 8.97. The molecule has 1 aromatic carbocycles. The van der Waals surface area contributed by atoms with Gasteiger partial charge >= 0.3 is 5.97 Å². The molecule has 0 atom stereocenters. The molecule has 4 nitrogen and oxygen atoms in total. The zero-order valence-corrected chi connectivity index (χ0v) is 12.7. The molecule has 0 aliphatic rings. The summed E-state index contributed by atoms with van der Waals surface area (Å²) in [6.07, 6.45) is 1.31. The third-order valence-corrected chi connectivity index (χ3v) is 3.99. The van der Waals surface area contributed by atoms with Crippen LogP contribution < -0.4 is 0 Å². The molecule has 1 aromatic heterocycles. The van der Waals surface area contributed by atoms with Crippen molar-refractivity contribution in [3.05, 3.63) is 51.5 Å². The van der Waals surface area contributed by atoms with E-state index >= 15 is 0 Å². The Hall–Kier alpha value is -1.11. The van der Waals surface area contributed by atoms with Gasteiger partial charge in [0.25, 0.3) is 0 Å². The molecule has 0 saturated heterocycles. The Balaban J connectivity index is 2.09. The normalized spacial score (nSPS) is 10.4. The van der Waals surface area contributed by atoms with Crippen LogP contribution in [0.3, 0.4) is 0 Å². The average molecular weight is 360 g/mol. The van der Waals surface area contributed by atoms with E-state index in [1.54, 1.807) is 0 Å². The highest BCUT2D eigenvalue weighted by atomic mass is 79.9. The monoisotopic (exact) mass is 358 g/mol. The van der Waals surface area contributed by atoms with E-state index in [4.69, 9.17) is 16.7 Å². The first-order chi connectivity index (χ1) is 9.06. The summed E-state index contributed by atoms with van der Waals surface area (Å²) in [5.74, 6) is -0.226.